The first kappa shape index (κ1) is 15.8. The Hall–Kier alpha value is -0.570. The van der Waals surface area contributed by atoms with E-state index in [4.69, 9.17) is 5.84 Å². The van der Waals surface area contributed by atoms with Gasteiger partial charge in [-0.2, -0.15) is 0 Å². The van der Waals surface area contributed by atoms with Gasteiger partial charge in [-0.1, -0.05) is 15.9 Å². The zero-order chi connectivity index (χ0) is 14.7. The van der Waals surface area contributed by atoms with Gasteiger partial charge in [0.1, 0.15) is 11.6 Å². The summed E-state index contributed by atoms with van der Waals surface area (Å²) in [6.07, 6.45) is 0.393. The van der Waals surface area contributed by atoms with Gasteiger partial charge in [0.05, 0.1) is 6.04 Å². The first-order chi connectivity index (χ1) is 9.49. The minimum atomic E-state index is -0.586. The van der Waals surface area contributed by atoms with E-state index in [2.05, 4.69) is 43.9 Å². The van der Waals surface area contributed by atoms with Crippen molar-refractivity contribution in [2.75, 3.05) is 0 Å². The summed E-state index contributed by atoms with van der Waals surface area (Å²) in [6.45, 7) is 0. The van der Waals surface area contributed by atoms with Crippen molar-refractivity contribution in [3.05, 3.63) is 67.2 Å². The Balaban J connectivity index is 2.31. The number of nitrogens with two attached hydrogens (primary N) is 1. The van der Waals surface area contributed by atoms with Gasteiger partial charge in [0, 0.05) is 14.1 Å². The molecule has 0 saturated heterocycles. The van der Waals surface area contributed by atoms with E-state index in [9.17, 15) is 8.78 Å². The molecular weight excluding hydrogens is 441 g/mol. The molecule has 106 valence electrons. The van der Waals surface area contributed by atoms with Gasteiger partial charge in [-0.3, -0.25) is 11.3 Å². The van der Waals surface area contributed by atoms with Gasteiger partial charge in [0.15, 0.2) is 0 Å². The van der Waals surface area contributed by atoms with E-state index in [1.54, 1.807) is 0 Å². The van der Waals surface area contributed by atoms with Crippen LogP contribution < -0.4 is 11.3 Å². The predicted octanol–water partition coefficient (Wildman–Crippen LogP) is 4.08. The Morgan fingerprint density at radius 2 is 1.80 bits per heavy atom. The minimum Gasteiger partial charge on any atom is -0.271 e. The highest BCUT2D eigenvalue weighted by atomic mass is 127. The van der Waals surface area contributed by atoms with E-state index >= 15 is 0 Å². The van der Waals surface area contributed by atoms with Gasteiger partial charge in [0.2, 0.25) is 0 Å². The lowest BCUT2D eigenvalue weighted by Gasteiger charge is -2.18. The Morgan fingerprint density at radius 1 is 1.15 bits per heavy atom. The van der Waals surface area contributed by atoms with Crippen molar-refractivity contribution in [3.8, 4) is 0 Å². The second-order valence-corrected chi connectivity index (χ2v) is 6.47. The molecule has 1 unspecified atom stereocenters. The van der Waals surface area contributed by atoms with Crippen LogP contribution in [-0.4, -0.2) is 0 Å². The van der Waals surface area contributed by atoms with Crippen molar-refractivity contribution in [2.24, 2.45) is 5.84 Å². The third kappa shape index (κ3) is 3.97. The number of halogens is 4. The van der Waals surface area contributed by atoms with E-state index in [1.807, 2.05) is 18.2 Å². The van der Waals surface area contributed by atoms with Crippen molar-refractivity contribution in [1.29, 1.82) is 0 Å². The first-order valence-electron chi connectivity index (χ1n) is 5.85. The van der Waals surface area contributed by atoms with E-state index in [-0.39, 0.29) is 6.04 Å². The molecule has 0 aliphatic heterocycles. The Kier molecular flexibility index (Phi) is 5.48. The van der Waals surface area contributed by atoms with Crippen LogP contribution in [0.15, 0.2) is 40.9 Å². The van der Waals surface area contributed by atoms with Crippen molar-refractivity contribution >= 4 is 38.5 Å². The highest BCUT2D eigenvalue weighted by Gasteiger charge is 2.15. The number of nitrogens with one attached hydrogen (secondary N) is 1. The molecule has 0 aliphatic rings. The summed E-state index contributed by atoms with van der Waals surface area (Å²) in [4.78, 5) is 0. The quantitative estimate of drug-likeness (QED) is 0.416. The van der Waals surface area contributed by atoms with Crippen LogP contribution in [0.1, 0.15) is 17.2 Å². The molecule has 0 amide bonds. The van der Waals surface area contributed by atoms with Gasteiger partial charge in [0.25, 0.3) is 0 Å². The van der Waals surface area contributed by atoms with Gasteiger partial charge >= 0.3 is 0 Å². The normalized spacial score (nSPS) is 12.4. The summed E-state index contributed by atoms with van der Waals surface area (Å²) in [7, 11) is 0. The Morgan fingerprint density at radius 3 is 2.40 bits per heavy atom. The van der Waals surface area contributed by atoms with E-state index < -0.39 is 11.6 Å². The molecule has 0 spiro atoms. The van der Waals surface area contributed by atoms with Gasteiger partial charge < -0.3 is 0 Å². The molecule has 0 aromatic heterocycles. The maximum atomic E-state index is 13.2. The maximum Gasteiger partial charge on any atom is 0.126 e. The fourth-order valence-corrected chi connectivity index (χ4v) is 3.04. The Bertz CT molecular complexity index is 602. The topological polar surface area (TPSA) is 38.0 Å². The van der Waals surface area contributed by atoms with E-state index in [1.165, 1.54) is 12.1 Å². The predicted molar refractivity (Wildman–Crippen MR) is 87.0 cm³/mol. The van der Waals surface area contributed by atoms with Gasteiger partial charge in [-0.05, 0) is 70.5 Å². The fraction of sp³-hybridized carbons (Fsp3) is 0.143. The second-order valence-electron chi connectivity index (χ2n) is 4.37. The van der Waals surface area contributed by atoms with Crippen LogP contribution in [0.4, 0.5) is 8.78 Å². The van der Waals surface area contributed by atoms with Crippen molar-refractivity contribution in [3.63, 3.8) is 0 Å². The van der Waals surface area contributed by atoms with Crippen molar-refractivity contribution in [2.45, 2.75) is 12.5 Å². The summed E-state index contributed by atoms with van der Waals surface area (Å²) in [6, 6.07) is 9.11. The molecule has 2 rings (SSSR count). The monoisotopic (exact) mass is 452 g/mol. The molecule has 1 atom stereocenters. The fourth-order valence-electron chi connectivity index (χ4n) is 2.00. The lowest BCUT2D eigenvalue weighted by atomic mass is 9.99. The summed E-state index contributed by atoms with van der Waals surface area (Å²) >= 11 is 5.67. The lowest BCUT2D eigenvalue weighted by Crippen LogP contribution is -2.30. The minimum absolute atomic E-state index is 0.236. The smallest absolute Gasteiger partial charge is 0.126 e. The molecule has 2 aromatic carbocycles. The van der Waals surface area contributed by atoms with E-state index in [0.29, 0.717) is 12.0 Å². The molecule has 2 aromatic rings. The number of hydrogen-bond acceptors (Lipinski definition) is 2. The van der Waals surface area contributed by atoms with E-state index in [0.717, 1.165) is 19.7 Å². The zero-order valence-corrected chi connectivity index (χ0v) is 14.1. The average Bonchev–Trinajstić information content (AvgIpc) is 2.38. The molecule has 0 radical (unpaired) electrons. The molecule has 2 nitrogen and oxygen atoms in total. The number of benzene rings is 2. The largest absolute Gasteiger partial charge is 0.271 e. The SMILES string of the molecule is NNC(Cc1cc(F)cc(F)c1)c1cc(I)ccc1Br. The number of hydrogen-bond donors (Lipinski definition) is 2. The highest BCUT2D eigenvalue weighted by molar-refractivity contribution is 14.1. The number of rotatable bonds is 4. The van der Waals surface area contributed by atoms with Crippen molar-refractivity contribution < 1.29 is 8.78 Å². The average molecular weight is 453 g/mol. The van der Waals surface area contributed by atoms with Crippen LogP contribution >= 0.6 is 38.5 Å². The third-order valence-electron chi connectivity index (χ3n) is 2.90. The lowest BCUT2D eigenvalue weighted by molar-refractivity contribution is 0.538. The number of hydrazine groups is 1. The molecule has 20 heavy (non-hydrogen) atoms. The molecule has 0 fully saturated rings. The van der Waals surface area contributed by atoms with Crippen LogP contribution in [0, 0.1) is 15.2 Å². The highest BCUT2D eigenvalue weighted by Crippen LogP contribution is 2.27. The van der Waals surface area contributed by atoms with Crippen LogP contribution in [0.25, 0.3) is 0 Å². The Labute approximate surface area is 138 Å². The van der Waals surface area contributed by atoms with Crippen LogP contribution in [-0.2, 0) is 6.42 Å². The molecule has 0 bridgehead atoms. The van der Waals surface area contributed by atoms with Gasteiger partial charge in [-0.25, -0.2) is 8.78 Å². The molecule has 0 heterocycles. The summed E-state index contributed by atoms with van der Waals surface area (Å²) in [5.41, 5.74) is 4.20. The van der Waals surface area contributed by atoms with Crippen molar-refractivity contribution in [1.82, 2.24) is 5.43 Å². The zero-order valence-electron chi connectivity index (χ0n) is 10.3. The maximum absolute atomic E-state index is 13.2. The molecule has 0 aliphatic carbocycles. The standard InChI is InChI=1S/C14H12BrF2IN2/c15-13-2-1-11(18)7-12(13)14(20-19)5-8-3-9(16)6-10(17)4-8/h1-4,6-7,14,20H,5,19H2. The van der Waals surface area contributed by atoms with Crippen LogP contribution in [0.5, 0.6) is 0 Å². The molecular formula is C14H12BrF2IN2. The van der Waals surface area contributed by atoms with Crippen LogP contribution in [0.3, 0.4) is 0 Å². The molecule has 3 N–H and O–H groups in total. The third-order valence-corrected chi connectivity index (χ3v) is 4.29. The summed E-state index contributed by atoms with van der Waals surface area (Å²) < 4.78 is 28.4. The summed E-state index contributed by atoms with van der Waals surface area (Å²) in [5, 5.41) is 0. The first-order valence-corrected chi connectivity index (χ1v) is 7.73. The molecule has 0 saturated carbocycles. The summed E-state index contributed by atoms with van der Waals surface area (Å²) in [5.74, 6) is 4.42. The second kappa shape index (κ2) is 6.93. The molecule has 6 heteroatoms. The van der Waals surface area contributed by atoms with Crippen LogP contribution in [0.2, 0.25) is 0 Å². The van der Waals surface area contributed by atoms with Gasteiger partial charge in [-0.15, -0.1) is 0 Å².